The van der Waals surface area contributed by atoms with E-state index >= 15 is 0 Å². The van der Waals surface area contributed by atoms with E-state index in [-0.39, 0.29) is 0 Å². The zero-order chi connectivity index (χ0) is 13.7. The van der Waals surface area contributed by atoms with Crippen LogP contribution in [0.3, 0.4) is 0 Å². The van der Waals surface area contributed by atoms with Crippen LogP contribution in [0, 0.1) is 17.8 Å². The van der Waals surface area contributed by atoms with Crippen molar-refractivity contribution in [1.29, 1.82) is 0 Å². The van der Waals surface area contributed by atoms with Crippen molar-refractivity contribution in [3.63, 3.8) is 0 Å². The summed E-state index contributed by atoms with van der Waals surface area (Å²) in [6, 6.07) is 0. The predicted octanol–water partition coefficient (Wildman–Crippen LogP) is -0.417. The summed E-state index contributed by atoms with van der Waals surface area (Å²) in [7, 11) is 0. The fraction of sp³-hybridized carbons (Fsp3) is 0.556. The smallest absolute Gasteiger partial charge is 0.308 e. The molecule has 0 aliphatic heterocycles. The lowest BCUT2D eigenvalue weighted by Crippen LogP contribution is -2.38. The monoisotopic (exact) mass is 248 g/mol. The summed E-state index contributed by atoms with van der Waals surface area (Å²) in [5, 5.41) is 34.7. The lowest BCUT2D eigenvalue weighted by molar-refractivity contribution is -0.163. The molecule has 3 atom stereocenters. The second-order valence-electron chi connectivity index (χ2n) is 3.53. The lowest BCUT2D eigenvalue weighted by atomic mass is 9.80. The normalized spacial score (nSPS) is 15.6. The molecule has 0 aliphatic carbocycles. The Bertz CT molecular complexity index is 347. The van der Waals surface area contributed by atoms with Crippen molar-refractivity contribution >= 4 is 23.9 Å². The van der Waals surface area contributed by atoms with E-state index in [4.69, 9.17) is 20.4 Å². The Balaban J connectivity index is 5.23. The number of hydrogen-bond donors (Lipinski definition) is 4. The van der Waals surface area contributed by atoms with Crippen molar-refractivity contribution in [2.75, 3.05) is 0 Å². The minimum absolute atomic E-state index is 0.941. The first-order chi connectivity index (χ1) is 7.68. The van der Waals surface area contributed by atoms with Crippen LogP contribution < -0.4 is 0 Å². The van der Waals surface area contributed by atoms with Gasteiger partial charge in [0.2, 0.25) is 0 Å². The van der Waals surface area contributed by atoms with Gasteiger partial charge in [0.15, 0.2) is 0 Å². The van der Waals surface area contributed by atoms with Crippen molar-refractivity contribution in [2.45, 2.75) is 13.3 Å². The van der Waals surface area contributed by atoms with Gasteiger partial charge in [-0.05, 0) is 0 Å². The number of rotatable bonds is 7. The van der Waals surface area contributed by atoms with Crippen molar-refractivity contribution in [2.24, 2.45) is 17.8 Å². The van der Waals surface area contributed by atoms with Crippen molar-refractivity contribution in [3.05, 3.63) is 0 Å². The van der Waals surface area contributed by atoms with Gasteiger partial charge in [-0.1, -0.05) is 6.92 Å². The maximum Gasteiger partial charge on any atom is 0.308 e. The highest BCUT2D eigenvalue weighted by molar-refractivity contribution is 5.87. The third-order valence-electron chi connectivity index (χ3n) is 2.36. The van der Waals surface area contributed by atoms with E-state index in [2.05, 4.69) is 0 Å². The Morgan fingerprint density at radius 2 is 1.35 bits per heavy atom. The van der Waals surface area contributed by atoms with E-state index in [1.807, 2.05) is 0 Å². The molecule has 8 nitrogen and oxygen atoms in total. The van der Waals surface area contributed by atoms with Crippen LogP contribution >= 0.6 is 0 Å². The standard InChI is InChI=1S/C9H12O8/c1-3(7(12)13)6(9(16)17)4(8(14)15)2-5(10)11/h3-4,6H,2H2,1H3,(H,10,11)(H,12,13)(H,14,15)(H,16,17)/t3-,4-,6?/m1/s1. The number of carbonyl (C=O) groups is 4. The molecule has 0 radical (unpaired) electrons. The molecule has 0 spiro atoms. The van der Waals surface area contributed by atoms with Gasteiger partial charge < -0.3 is 20.4 Å². The molecule has 96 valence electrons. The minimum Gasteiger partial charge on any atom is -0.481 e. The van der Waals surface area contributed by atoms with Gasteiger partial charge >= 0.3 is 23.9 Å². The molecule has 4 N–H and O–H groups in total. The van der Waals surface area contributed by atoms with Crippen molar-refractivity contribution in [3.8, 4) is 0 Å². The maximum atomic E-state index is 10.9. The van der Waals surface area contributed by atoms with Crippen molar-refractivity contribution < 1.29 is 39.6 Å². The Morgan fingerprint density at radius 3 is 1.59 bits per heavy atom. The highest BCUT2D eigenvalue weighted by Gasteiger charge is 2.41. The van der Waals surface area contributed by atoms with Gasteiger partial charge in [0.05, 0.1) is 24.2 Å². The van der Waals surface area contributed by atoms with Crippen LogP contribution in [0.2, 0.25) is 0 Å². The topological polar surface area (TPSA) is 149 Å². The molecule has 0 saturated carbocycles. The van der Waals surface area contributed by atoms with Gasteiger partial charge in [-0.2, -0.15) is 0 Å². The summed E-state index contributed by atoms with van der Waals surface area (Å²) >= 11 is 0. The molecule has 0 aromatic rings. The number of hydrogen-bond acceptors (Lipinski definition) is 4. The lowest BCUT2D eigenvalue weighted by Gasteiger charge is -2.22. The van der Waals surface area contributed by atoms with Gasteiger partial charge in [-0.3, -0.25) is 19.2 Å². The third-order valence-corrected chi connectivity index (χ3v) is 2.36. The maximum absolute atomic E-state index is 10.9. The second kappa shape index (κ2) is 5.83. The molecule has 0 aromatic carbocycles. The molecule has 0 saturated heterocycles. The number of aliphatic carboxylic acids is 4. The van der Waals surface area contributed by atoms with Crippen LogP contribution in [0.15, 0.2) is 0 Å². The van der Waals surface area contributed by atoms with E-state index in [0.717, 1.165) is 6.92 Å². The van der Waals surface area contributed by atoms with Crippen LogP contribution in [0.4, 0.5) is 0 Å². The highest BCUT2D eigenvalue weighted by atomic mass is 16.4. The molecule has 0 bridgehead atoms. The minimum atomic E-state index is -1.79. The van der Waals surface area contributed by atoms with Gasteiger partial charge in [-0.25, -0.2) is 0 Å². The fourth-order valence-electron chi connectivity index (χ4n) is 1.44. The summed E-state index contributed by atoms with van der Waals surface area (Å²) in [5.41, 5.74) is 0. The molecular weight excluding hydrogens is 236 g/mol. The fourth-order valence-corrected chi connectivity index (χ4v) is 1.44. The number of carboxylic acid groups (broad SMARTS) is 4. The molecule has 0 fully saturated rings. The summed E-state index contributed by atoms with van der Waals surface area (Å²) in [5.74, 6) is -11.3. The Hall–Kier alpha value is -2.12. The van der Waals surface area contributed by atoms with E-state index < -0.39 is 48.1 Å². The Labute approximate surface area is 95.5 Å². The van der Waals surface area contributed by atoms with Gasteiger partial charge in [0, 0.05) is 0 Å². The molecule has 0 heterocycles. The molecule has 0 rings (SSSR count). The van der Waals surface area contributed by atoms with Crippen LogP contribution in [0.5, 0.6) is 0 Å². The first kappa shape index (κ1) is 14.9. The summed E-state index contributed by atoms with van der Waals surface area (Å²) in [4.78, 5) is 42.7. The first-order valence-electron chi connectivity index (χ1n) is 4.58. The predicted molar refractivity (Wildman–Crippen MR) is 51.3 cm³/mol. The molecule has 0 amide bonds. The first-order valence-corrected chi connectivity index (χ1v) is 4.58. The summed E-state index contributed by atoms with van der Waals surface area (Å²) in [6.07, 6.45) is -0.941. The summed E-state index contributed by atoms with van der Waals surface area (Å²) in [6.45, 7) is 1.03. The molecular formula is C9H12O8. The van der Waals surface area contributed by atoms with Crippen molar-refractivity contribution in [1.82, 2.24) is 0 Å². The molecule has 0 aliphatic rings. The van der Waals surface area contributed by atoms with Crippen LogP contribution in [0.1, 0.15) is 13.3 Å². The van der Waals surface area contributed by atoms with E-state index in [9.17, 15) is 19.2 Å². The van der Waals surface area contributed by atoms with Gasteiger partial charge in [-0.15, -0.1) is 0 Å². The van der Waals surface area contributed by atoms with Crippen LogP contribution in [0.25, 0.3) is 0 Å². The number of carboxylic acids is 4. The van der Waals surface area contributed by atoms with Crippen LogP contribution in [-0.4, -0.2) is 44.3 Å². The van der Waals surface area contributed by atoms with Crippen LogP contribution in [-0.2, 0) is 19.2 Å². The molecule has 8 heteroatoms. The quantitative estimate of drug-likeness (QED) is 0.474. The average molecular weight is 248 g/mol. The van der Waals surface area contributed by atoms with Gasteiger partial charge in [0.25, 0.3) is 0 Å². The van der Waals surface area contributed by atoms with E-state index in [0.29, 0.717) is 0 Å². The SMILES string of the molecule is C[C@@H](C(=O)O)C(C(=O)O)[C@@H](CC(=O)O)C(=O)O. The molecule has 17 heavy (non-hydrogen) atoms. The van der Waals surface area contributed by atoms with E-state index in [1.54, 1.807) is 0 Å². The second-order valence-corrected chi connectivity index (χ2v) is 3.53. The Morgan fingerprint density at radius 1 is 0.882 bits per heavy atom. The molecule has 1 unspecified atom stereocenters. The molecule has 0 aromatic heterocycles. The Kier molecular flexibility index (Phi) is 5.10. The third kappa shape index (κ3) is 4.09. The van der Waals surface area contributed by atoms with E-state index in [1.165, 1.54) is 0 Å². The average Bonchev–Trinajstić information content (AvgIpc) is 2.14. The highest BCUT2D eigenvalue weighted by Crippen LogP contribution is 2.25. The zero-order valence-electron chi connectivity index (χ0n) is 8.86. The van der Waals surface area contributed by atoms with Gasteiger partial charge in [0.1, 0.15) is 0 Å². The summed E-state index contributed by atoms with van der Waals surface area (Å²) < 4.78 is 0. The zero-order valence-corrected chi connectivity index (χ0v) is 8.86. The largest absolute Gasteiger partial charge is 0.481 e.